The molecule has 0 bridgehead atoms. The summed E-state index contributed by atoms with van der Waals surface area (Å²) >= 11 is 0. The summed E-state index contributed by atoms with van der Waals surface area (Å²) in [7, 11) is -3.00. The lowest BCUT2D eigenvalue weighted by Crippen LogP contribution is -2.53. The number of ether oxygens (including phenoxy) is 4. The molecule has 12 heteroatoms. The van der Waals surface area contributed by atoms with E-state index in [0.717, 1.165) is 6.54 Å². The van der Waals surface area contributed by atoms with Gasteiger partial charge in [0.15, 0.2) is 9.84 Å². The van der Waals surface area contributed by atoms with Gasteiger partial charge in [-0.25, -0.2) is 13.1 Å². The predicted molar refractivity (Wildman–Crippen MR) is 120 cm³/mol. The maximum Gasteiger partial charge on any atom is 0.152 e. The first kappa shape index (κ1) is 25.5. The van der Waals surface area contributed by atoms with Gasteiger partial charge in [-0.3, -0.25) is 4.90 Å². The molecule has 0 amide bonds. The molecule has 0 aliphatic carbocycles. The van der Waals surface area contributed by atoms with Crippen LogP contribution in [0.1, 0.15) is 20.9 Å². The van der Waals surface area contributed by atoms with Crippen molar-refractivity contribution in [3.63, 3.8) is 0 Å². The first-order chi connectivity index (χ1) is 15.8. The second-order valence-electron chi connectivity index (χ2n) is 8.08. The molecule has 0 saturated carbocycles. The lowest BCUT2D eigenvalue weighted by Gasteiger charge is -2.37. The average Bonchev–Trinajstić information content (AvgIpc) is 3.05. The second kappa shape index (κ2) is 14.9. The van der Waals surface area contributed by atoms with Crippen molar-refractivity contribution < 1.29 is 28.7 Å². The number of nitrogens with one attached hydrogen (secondary N) is 1. The molecule has 0 unspecified atom stereocenters. The van der Waals surface area contributed by atoms with Crippen LogP contribution in [0.2, 0.25) is 0 Å². The molecule has 11 nitrogen and oxygen atoms in total. The van der Waals surface area contributed by atoms with Crippen LogP contribution >= 0.6 is 0 Å². The predicted octanol–water partition coefficient (Wildman–Crippen LogP) is -0.429. The topological polar surface area (TPSA) is 117 Å². The lowest BCUT2D eigenvalue weighted by molar-refractivity contribution is -0.00252. The number of rotatable bonds is 19. The summed E-state index contributed by atoms with van der Waals surface area (Å²) in [6.07, 6.45) is 1.49. The summed E-state index contributed by atoms with van der Waals surface area (Å²) in [4.78, 5) is 1.95. The molecule has 0 radical (unpaired) electrons. The van der Waals surface area contributed by atoms with Crippen molar-refractivity contribution in [2.45, 2.75) is 38.2 Å². The van der Waals surface area contributed by atoms with E-state index in [1.54, 1.807) is 0 Å². The number of aromatic nitrogens is 3. The third-order valence-corrected chi connectivity index (χ3v) is 6.31. The average molecular weight is 479 g/mol. The first-order valence-electron chi connectivity index (χ1n) is 11.6. The quantitative estimate of drug-likeness (QED) is 0.263. The van der Waals surface area contributed by atoms with Crippen LogP contribution in [-0.2, 0) is 41.9 Å². The Morgan fingerprint density at radius 3 is 2.19 bits per heavy atom. The maximum atomic E-state index is 11.5. The molecule has 0 aromatic carbocycles. The number of sulfone groups is 1. The van der Waals surface area contributed by atoms with Gasteiger partial charge in [-0.05, 0) is 0 Å². The molecule has 1 aliphatic rings. The van der Waals surface area contributed by atoms with Crippen LogP contribution in [0, 0.1) is 0 Å². The fraction of sp³-hybridized carbons (Fsp3) is 0.900. The Morgan fingerprint density at radius 1 is 1.06 bits per heavy atom. The molecule has 2 heterocycles. The highest BCUT2D eigenvalue weighted by Gasteiger charge is 2.34. The normalized spacial score (nSPS) is 15.9. The van der Waals surface area contributed by atoms with Crippen LogP contribution < -0.4 is 5.32 Å². The van der Waals surface area contributed by atoms with Gasteiger partial charge in [-0.15, -0.1) is 5.10 Å². The van der Waals surface area contributed by atoms with Crippen molar-refractivity contribution in [3.8, 4) is 0 Å². The monoisotopic (exact) mass is 478 g/mol. The first-order valence-corrected chi connectivity index (χ1v) is 13.1. The summed E-state index contributed by atoms with van der Waals surface area (Å²) < 4.78 is 54.5. The van der Waals surface area contributed by atoms with Gasteiger partial charge in [0.1, 0.15) is 0 Å². The number of nitrogens with zero attached hydrogens (tertiary/aromatic N) is 4. The molecule has 0 atom stereocenters. The standard InChI is InChI=1S/C20H39N5O6S/c1-18(2)21-4-6-28-8-10-30-12-13-31-11-9-29-7-5-25-15-19(22-23-25)14-24-16-20(17-24)32(3,26)27/h15,18,20-21H,4-14,16-17H2,1-3H3/i15D. The minimum Gasteiger partial charge on any atom is -0.378 e. The van der Waals surface area contributed by atoms with E-state index in [1.807, 2.05) is 4.90 Å². The van der Waals surface area contributed by atoms with E-state index in [1.165, 1.54) is 10.9 Å². The van der Waals surface area contributed by atoms with Crippen molar-refractivity contribution in [3.05, 3.63) is 11.9 Å². The summed E-state index contributed by atoms with van der Waals surface area (Å²) in [5.74, 6) is 0. The van der Waals surface area contributed by atoms with E-state index in [-0.39, 0.29) is 11.4 Å². The summed E-state index contributed by atoms with van der Waals surface area (Å²) in [6, 6.07) is 0.469. The van der Waals surface area contributed by atoms with Crippen molar-refractivity contribution in [2.75, 3.05) is 78.7 Å². The zero-order valence-corrected chi connectivity index (χ0v) is 20.3. The third-order valence-electron chi connectivity index (χ3n) is 4.80. The highest BCUT2D eigenvalue weighted by molar-refractivity contribution is 7.91. The number of hydrogen-bond acceptors (Lipinski definition) is 10. The number of hydrogen-bond donors (Lipinski definition) is 1. The molecule has 1 N–H and O–H groups in total. The Morgan fingerprint density at radius 2 is 1.62 bits per heavy atom. The Labute approximate surface area is 193 Å². The van der Waals surface area contributed by atoms with Crippen molar-refractivity contribution >= 4 is 9.84 Å². The Kier molecular flexibility index (Phi) is 11.9. The van der Waals surface area contributed by atoms with E-state index in [2.05, 4.69) is 29.5 Å². The lowest BCUT2D eigenvalue weighted by atomic mass is 10.2. The highest BCUT2D eigenvalue weighted by atomic mass is 32.2. The molecule has 1 aromatic rings. The van der Waals surface area contributed by atoms with Gasteiger partial charge in [0, 0.05) is 44.6 Å². The van der Waals surface area contributed by atoms with E-state index >= 15 is 0 Å². The molecule has 186 valence electrons. The zero-order chi connectivity index (χ0) is 24.1. The van der Waals surface area contributed by atoms with Crippen LogP contribution in [0.15, 0.2) is 6.17 Å². The Hall–Kier alpha value is -1.15. The van der Waals surface area contributed by atoms with Crippen LogP contribution in [0.5, 0.6) is 0 Å². The van der Waals surface area contributed by atoms with Gasteiger partial charge in [0.25, 0.3) is 0 Å². The van der Waals surface area contributed by atoms with Crippen molar-refractivity contribution in [2.24, 2.45) is 0 Å². The van der Waals surface area contributed by atoms with Crippen LogP contribution in [-0.4, -0.2) is 118 Å². The zero-order valence-electron chi connectivity index (χ0n) is 20.5. The van der Waals surface area contributed by atoms with Gasteiger partial charge in [0.05, 0.1) is 71.7 Å². The molecular formula is C20H39N5O6S. The van der Waals surface area contributed by atoms with Gasteiger partial charge < -0.3 is 24.3 Å². The van der Waals surface area contributed by atoms with Crippen LogP contribution in [0.4, 0.5) is 0 Å². The largest absolute Gasteiger partial charge is 0.378 e. The fourth-order valence-corrected chi connectivity index (χ4v) is 3.90. The van der Waals surface area contributed by atoms with E-state index in [0.29, 0.717) is 90.8 Å². The maximum absolute atomic E-state index is 11.5. The minimum absolute atomic E-state index is 0.231. The molecule has 32 heavy (non-hydrogen) atoms. The Bertz CT molecular complexity index is 773. The van der Waals surface area contributed by atoms with Crippen LogP contribution in [0.25, 0.3) is 0 Å². The van der Waals surface area contributed by atoms with Gasteiger partial charge >= 0.3 is 0 Å². The van der Waals surface area contributed by atoms with Gasteiger partial charge in [0.2, 0.25) is 0 Å². The molecular weight excluding hydrogens is 438 g/mol. The highest BCUT2D eigenvalue weighted by Crippen LogP contribution is 2.17. The molecule has 1 aliphatic heterocycles. The smallest absolute Gasteiger partial charge is 0.152 e. The van der Waals surface area contributed by atoms with E-state index < -0.39 is 9.84 Å². The van der Waals surface area contributed by atoms with Gasteiger partial charge in [-0.1, -0.05) is 19.1 Å². The molecule has 1 aromatic heterocycles. The summed E-state index contributed by atoms with van der Waals surface area (Å²) in [5, 5.41) is 11.0. The van der Waals surface area contributed by atoms with E-state index in [4.69, 9.17) is 20.3 Å². The van der Waals surface area contributed by atoms with Crippen molar-refractivity contribution in [1.29, 1.82) is 0 Å². The van der Waals surface area contributed by atoms with E-state index in [9.17, 15) is 8.42 Å². The molecule has 0 spiro atoms. The number of likely N-dealkylation sites (tertiary alicyclic amines) is 1. The van der Waals surface area contributed by atoms with Crippen molar-refractivity contribution in [1.82, 2.24) is 25.2 Å². The fourth-order valence-electron chi connectivity index (χ4n) is 2.94. The SMILES string of the molecule is [2H]c1c(CN2CC(S(C)(=O)=O)C2)nnn1CCOCCOCCOCCOCCNC(C)C. The molecule has 2 rings (SSSR count). The van der Waals surface area contributed by atoms with Crippen LogP contribution in [0.3, 0.4) is 0 Å². The summed E-state index contributed by atoms with van der Waals surface area (Å²) in [5.41, 5.74) is 0.544. The molecule has 1 saturated heterocycles. The summed E-state index contributed by atoms with van der Waals surface area (Å²) in [6.45, 7) is 11.0. The Balaban J connectivity index is 1.41. The minimum atomic E-state index is -3.00. The second-order valence-corrected chi connectivity index (χ2v) is 10.4. The third kappa shape index (κ3) is 11.6. The van der Waals surface area contributed by atoms with Gasteiger partial charge in [-0.2, -0.15) is 0 Å². The molecule has 1 fully saturated rings.